The number of para-hydroxylation sites is 1. The molecule has 3 rings (SSSR count). The topological polar surface area (TPSA) is 49.7 Å². The van der Waals surface area contributed by atoms with Crippen molar-refractivity contribution < 1.29 is 9.59 Å². The lowest BCUT2D eigenvalue weighted by Crippen LogP contribution is -2.31. The van der Waals surface area contributed by atoms with Crippen molar-refractivity contribution >= 4 is 31.9 Å². The van der Waals surface area contributed by atoms with Gasteiger partial charge in [0, 0.05) is 11.3 Å². The molecule has 0 spiro atoms. The molecule has 0 bridgehead atoms. The molecule has 0 N–H and O–H groups in total. The second-order valence-corrected chi connectivity index (χ2v) is 10.0. The number of hydrogen-bond acceptors (Lipinski definition) is 4. The highest BCUT2D eigenvalue weighted by molar-refractivity contribution is 6.60. The molecule has 3 aromatic rings. The molecule has 0 aliphatic carbocycles. The highest BCUT2D eigenvalue weighted by Gasteiger charge is 2.18. The standard InChI is InChI=1S/C25H26N2O2Si/c1-30(2)27(22-16-10-5-11-17-22)26-24(20-12-6-3-7-13-20)18-23(28)19-25(29)21-14-8-4-9-15-21/h3-17,30H,18-19H2,1-2H3. The van der Waals surface area contributed by atoms with E-state index in [1.165, 1.54) is 0 Å². The third-order valence-corrected chi connectivity index (χ3v) is 6.06. The molecule has 0 saturated carbocycles. The summed E-state index contributed by atoms with van der Waals surface area (Å²) in [6, 6.07) is 28.7. The van der Waals surface area contributed by atoms with E-state index < -0.39 is 8.96 Å². The Hall–Kier alpha value is -3.31. The molecule has 4 nitrogen and oxygen atoms in total. The molecule has 0 amide bonds. The third-order valence-electron chi connectivity index (χ3n) is 4.66. The first-order valence-electron chi connectivity index (χ1n) is 10.1. The Morgan fingerprint density at radius 2 is 1.23 bits per heavy atom. The number of carbonyl (C=O) groups is 2. The van der Waals surface area contributed by atoms with E-state index in [2.05, 4.69) is 17.8 Å². The lowest BCUT2D eigenvalue weighted by Gasteiger charge is -2.24. The van der Waals surface area contributed by atoms with Gasteiger partial charge in [-0.2, -0.15) is 5.10 Å². The molecule has 0 fully saturated rings. The number of anilines is 1. The molecular weight excluding hydrogens is 388 g/mol. The Balaban J connectivity index is 1.86. The molecule has 0 atom stereocenters. The number of ketones is 2. The van der Waals surface area contributed by atoms with Gasteiger partial charge in [0.25, 0.3) is 0 Å². The first-order chi connectivity index (χ1) is 14.5. The quantitative estimate of drug-likeness (QED) is 0.161. The van der Waals surface area contributed by atoms with Crippen molar-refractivity contribution in [1.29, 1.82) is 0 Å². The summed E-state index contributed by atoms with van der Waals surface area (Å²) in [5.41, 5.74) is 3.16. The Kier molecular flexibility index (Phi) is 7.46. The van der Waals surface area contributed by atoms with E-state index >= 15 is 0 Å². The number of benzene rings is 3. The van der Waals surface area contributed by atoms with Crippen molar-refractivity contribution in [2.24, 2.45) is 5.10 Å². The van der Waals surface area contributed by atoms with Gasteiger partial charge in [0.05, 0.1) is 18.6 Å². The fourth-order valence-corrected chi connectivity index (χ4v) is 4.30. The summed E-state index contributed by atoms with van der Waals surface area (Å²) >= 11 is 0. The van der Waals surface area contributed by atoms with Crippen LogP contribution in [-0.2, 0) is 4.79 Å². The van der Waals surface area contributed by atoms with Gasteiger partial charge in [0.2, 0.25) is 0 Å². The Bertz CT molecular complexity index is 1000. The number of carbonyl (C=O) groups excluding carboxylic acids is 2. The number of hydrogen-bond donors (Lipinski definition) is 0. The van der Waals surface area contributed by atoms with Gasteiger partial charge in [0.15, 0.2) is 14.7 Å². The van der Waals surface area contributed by atoms with Gasteiger partial charge < -0.3 is 0 Å². The van der Waals surface area contributed by atoms with Crippen LogP contribution in [-0.4, -0.2) is 26.2 Å². The van der Waals surface area contributed by atoms with Crippen LogP contribution in [0.4, 0.5) is 5.69 Å². The van der Waals surface area contributed by atoms with E-state index in [0.717, 1.165) is 11.3 Å². The summed E-state index contributed by atoms with van der Waals surface area (Å²) < 4.78 is 2.05. The Labute approximate surface area is 179 Å². The molecule has 5 heteroatoms. The molecule has 152 valence electrons. The molecule has 30 heavy (non-hydrogen) atoms. The third kappa shape index (κ3) is 5.84. The van der Waals surface area contributed by atoms with E-state index in [4.69, 9.17) is 5.10 Å². The lowest BCUT2D eigenvalue weighted by molar-refractivity contribution is -0.117. The van der Waals surface area contributed by atoms with Crippen LogP contribution >= 0.6 is 0 Å². The summed E-state index contributed by atoms with van der Waals surface area (Å²) in [6.45, 7) is 4.39. The molecule has 0 aliphatic rings. The smallest absolute Gasteiger partial charge is 0.170 e. The van der Waals surface area contributed by atoms with Gasteiger partial charge in [-0.25, -0.2) is 0 Å². The van der Waals surface area contributed by atoms with Crippen molar-refractivity contribution in [3.05, 3.63) is 102 Å². The summed E-state index contributed by atoms with van der Waals surface area (Å²) in [5.74, 6) is -0.295. The van der Waals surface area contributed by atoms with Crippen LogP contribution in [0.25, 0.3) is 0 Å². The summed E-state index contributed by atoms with van der Waals surface area (Å²) in [5, 5.41) is 4.92. The van der Waals surface area contributed by atoms with Crippen LogP contribution in [0, 0.1) is 0 Å². The Morgan fingerprint density at radius 1 is 0.733 bits per heavy atom. The average Bonchev–Trinajstić information content (AvgIpc) is 2.78. The minimum Gasteiger partial charge on any atom is -0.299 e. The van der Waals surface area contributed by atoms with Crippen LogP contribution in [0.15, 0.2) is 96.1 Å². The van der Waals surface area contributed by atoms with Gasteiger partial charge in [-0.05, 0) is 17.7 Å². The van der Waals surface area contributed by atoms with E-state index in [-0.39, 0.29) is 24.4 Å². The summed E-state index contributed by atoms with van der Waals surface area (Å²) in [7, 11) is -1.35. The predicted octanol–water partition coefficient (Wildman–Crippen LogP) is 5.11. The van der Waals surface area contributed by atoms with Crippen molar-refractivity contribution in [2.75, 3.05) is 4.67 Å². The zero-order valence-electron chi connectivity index (χ0n) is 17.4. The minimum absolute atomic E-state index is 0.118. The largest absolute Gasteiger partial charge is 0.299 e. The first-order valence-corrected chi connectivity index (χ1v) is 12.9. The predicted molar refractivity (Wildman–Crippen MR) is 126 cm³/mol. The maximum atomic E-state index is 12.8. The number of hydrazone groups is 1. The number of Topliss-reactive ketones (excluding diaryl/α,β-unsaturated/α-hetero) is 2. The zero-order chi connectivity index (χ0) is 21.3. The fourth-order valence-electron chi connectivity index (χ4n) is 3.16. The van der Waals surface area contributed by atoms with E-state index in [1.54, 1.807) is 24.3 Å². The van der Waals surface area contributed by atoms with E-state index in [1.807, 2.05) is 66.7 Å². The molecule has 3 aromatic carbocycles. The summed E-state index contributed by atoms with van der Waals surface area (Å²) in [6.07, 6.45) is -0.00660. The SMILES string of the molecule is C[SiH](C)N(N=C(CC(=O)CC(=O)c1ccccc1)c1ccccc1)c1ccccc1. The van der Waals surface area contributed by atoms with Crippen LogP contribution in [0.3, 0.4) is 0 Å². The van der Waals surface area contributed by atoms with Gasteiger partial charge in [0.1, 0.15) is 5.78 Å². The van der Waals surface area contributed by atoms with Gasteiger partial charge in [-0.3, -0.25) is 14.3 Å². The highest BCUT2D eigenvalue weighted by Crippen LogP contribution is 2.18. The fraction of sp³-hybridized carbons (Fsp3) is 0.160. The van der Waals surface area contributed by atoms with Crippen LogP contribution < -0.4 is 4.67 Å². The van der Waals surface area contributed by atoms with Crippen LogP contribution in [0.5, 0.6) is 0 Å². The molecule has 0 heterocycles. The molecule has 0 saturated heterocycles. The second-order valence-electron chi connectivity index (χ2n) is 7.37. The van der Waals surface area contributed by atoms with Gasteiger partial charge in [-0.1, -0.05) is 92.0 Å². The molecule has 0 unspecified atom stereocenters. The van der Waals surface area contributed by atoms with Crippen molar-refractivity contribution in [1.82, 2.24) is 0 Å². The highest BCUT2D eigenvalue weighted by atomic mass is 28.3. The van der Waals surface area contributed by atoms with Crippen LogP contribution in [0.2, 0.25) is 13.1 Å². The zero-order valence-corrected chi connectivity index (χ0v) is 18.5. The van der Waals surface area contributed by atoms with E-state index in [0.29, 0.717) is 11.3 Å². The van der Waals surface area contributed by atoms with Crippen molar-refractivity contribution in [3.63, 3.8) is 0 Å². The van der Waals surface area contributed by atoms with Crippen molar-refractivity contribution in [2.45, 2.75) is 25.9 Å². The normalized spacial score (nSPS) is 11.4. The Morgan fingerprint density at radius 3 is 1.77 bits per heavy atom. The molecular formula is C25H26N2O2Si. The van der Waals surface area contributed by atoms with E-state index in [9.17, 15) is 9.59 Å². The minimum atomic E-state index is -1.35. The summed E-state index contributed by atoms with van der Waals surface area (Å²) in [4.78, 5) is 25.3. The second kappa shape index (κ2) is 10.5. The van der Waals surface area contributed by atoms with Crippen LogP contribution in [0.1, 0.15) is 28.8 Å². The molecule has 0 radical (unpaired) electrons. The van der Waals surface area contributed by atoms with Gasteiger partial charge in [-0.15, -0.1) is 0 Å². The molecule has 0 aromatic heterocycles. The number of nitrogens with zero attached hydrogens (tertiary/aromatic N) is 2. The average molecular weight is 415 g/mol. The maximum absolute atomic E-state index is 12.8. The monoisotopic (exact) mass is 414 g/mol. The maximum Gasteiger partial charge on any atom is 0.170 e. The van der Waals surface area contributed by atoms with Gasteiger partial charge >= 0.3 is 0 Å². The molecule has 0 aliphatic heterocycles. The van der Waals surface area contributed by atoms with Crippen molar-refractivity contribution in [3.8, 4) is 0 Å². The number of rotatable bonds is 9. The first kappa shape index (κ1) is 21.4. The lowest BCUT2D eigenvalue weighted by atomic mass is 10.00.